The van der Waals surface area contributed by atoms with Crippen LogP contribution in [0.1, 0.15) is 53.1 Å². The van der Waals surface area contributed by atoms with Crippen LogP contribution in [-0.4, -0.2) is 35.3 Å². The van der Waals surface area contributed by atoms with E-state index >= 15 is 0 Å². The maximum absolute atomic E-state index is 14.9. The number of ketones is 1. The van der Waals surface area contributed by atoms with Gasteiger partial charge in [0.15, 0.2) is 5.78 Å². The SMILES string of the molecule is O=C(O)C1CCC(C(=O)c2cc(C3CC3)c(COc3cc(Cl)cc(OC(F)(F)F)c3)cc2F)N1. The highest BCUT2D eigenvalue weighted by Gasteiger charge is 2.36. The minimum Gasteiger partial charge on any atom is -0.489 e. The van der Waals surface area contributed by atoms with Crippen molar-refractivity contribution < 1.29 is 41.7 Å². The van der Waals surface area contributed by atoms with Crippen LogP contribution < -0.4 is 14.8 Å². The first-order valence-corrected chi connectivity index (χ1v) is 10.9. The van der Waals surface area contributed by atoms with Gasteiger partial charge < -0.3 is 14.6 Å². The summed E-state index contributed by atoms with van der Waals surface area (Å²) in [5, 5.41) is 11.8. The third-order valence-electron chi connectivity index (χ3n) is 5.75. The lowest BCUT2D eigenvalue weighted by Crippen LogP contribution is -2.39. The largest absolute Gasteiger partial charge is 0.573 e. The molecular weight excluding hydrogens is 482 g/mol. The van der Waals surface area contributed by atoms with E-state index in [0.29, 0.717) is 11.1 Å². The molecule has 2 aromatic carbocycles. The number of benzene rings is 2. The number of ether oxygens (including phenoxy) is 2. The number of nitrogens with one attached hydrogen (secondary N) is 1. The van der Waals surface area contributed by atoms with E-state index in [2.05, 4.69) is 10.1 Å². The van der Waals surface area contributed by atoms with E-state index in [1.54, 1.807) is 0 Å². The zero-order valence-electron chi connectivity index (χ0n) is 17.6. The summed E-state index contributed by atoms with van der Waals surface area (Å²) in [6.45, 7) is -0.161. The van der Waals surface area contributed by atoms with Crippen molar-refractivity contribution in [2.24, 2.45) is 0 Å². The predicted molar refractivity (Wildman–Crippen MR) is 113 cm³/mol. The van der Waals surface area contributed by atoms with Crippen molar-refractivity contribution in [2.75, 3.05) is 0 Å². The first-order valence-electron chi connectivity index (χ1n) is 10.5. The smallest absolute Gasteiger partial charge is 0.489 e. The van der Waals surface area contributed by atoms with Crippen LogP contribution in [0.25, 0.3) is 0 Å². The Morgan fingerprint density at radius 3 is 2.32 bits per heavy atom. The topological polar surface area (TPSA) is 84.9 Å². The fourth-order valence-electron chi connectivity index (χ4n) is 4.03. The Morgan fingerprint density at radius 2 is 1.71 bits per heavy atom. The Bertz CT molecular complexity index is 1120. The quantitative estimate of drug-likeness (QED) is 0.381. The lowest BCUT2D eigenvalue weighted by atomic mass is 9.95. The predicted octanol–water partition coefficient (Wildman–Crippen LogP) is 5.22. The summed E-state index contributed by atoms with van der Waals surface area (Å²) >= 11 is 5.86. The molecule has 2 N–H and O–H groups in total. The Balaban J connectivity index is 1.53. The summed E-state index contributed by atoms with van der Waals surface area (Å²) < 4.78 is 61.9. The van der Waals surface area contributed by atoms with Gasteiger partial charge in [-0.3, -0.25) is 14.9 Å². The molecule has 1 aliphatic carbocycles. The van der Waals surface area contributed by atoms with E-state index in [-0.39, 0.29) is 41.7 Å². The Kier molecular flexibility index (Phi) is 6.73. The van der Waals surface area contributed by atoms with Gasteiger partial charge in [0.25, 0.3) is 0 Å². The summed E-state index contributed by atoms with van der Waals surface area (Å²) in [4.78, 5) is 24.0. The van der Waals surface area contributed by atoms with Gasteiger partial charge in [-0.2, -0.15) is 0 Å². The second kappa shape index (κ2) is 9.42. The summed E-state index contributed by atoms with van der Waals surface area (Å²) in [6, 6.07) is 4.33. The molecule has 1 saturated carbocycles. The van der Waals surface area contributed by atoms with Crippen LogP contribution >= 0.6 is 11.6 Å². The van der Waals surface area contributed by atoms with Gasteiger partial charge in [0.2, 0.25) is 0 Å². The zero-order chi connectivity index (χ0) is 24.6. The monoisotopic (exact) mass is 501 g/mol. The average molecular weight is 502 g/mol. The summed E-state index contributed by atoms with van der Waals surface area (Å²) in [6.07, 6.45) is -2.65. The summed E-state index contributed by atoms with van der Waals surface area (Å²) in [5.74, 6) is -2.79. The molecule has 1 saturated heterocycles. The molecule has 2 aromatic rings. The Labute approximate surface area is 196 Å². The Hall–Kier alpha value is -2.85. The molecule has 6 nitrogen and oxygen atoms in total. The normalized spacial score (nSPS) is 20.3. The van der Waals surface area contributed by atoms with Crippen molar-refractivity contribution in [3.63, 3.8) is 0 Å². The van der Waals surface area contributed by atoms with Crippen LogP contribution in [-0.2, 0) is 11.4 Å². The number of aliphatic carboxylic acids is 1. The van der Waals surface area contributed by atoms with Crippen molar-refractivity contribution in [3.8, 4) is 11.5 Å². The minimum atomic E-state index is -4.90. The third-order valence-corrected chi connectivity index (χ3v) is 5.96. The molecule has 2 unspecified atom stereocenters. The molecule has 2 fully saturated rings. The number of hydrogen-bond donors (Lipinski definition) is 2. The fraction of sp³-hybridized carbons (Fsp3) is 0.391. The summed E-state index contributed by atoms with van der Waals surface area (Å²) in [7, 11) is 0. The molecule has 2 atom stereocenters. The van der Waals surface area contributed by atoms with E-state index in [4.69, 9.17) is 21.4 Å². The highest BCUT2D eigenvalue weighted by molar-refractivity contribution is 6.30. The highest BCUT2D eigenvalue weighted by atomic mass is 35.5. The third kappa shape index (κ3) is 5.79. The number of carbonyl (C=O) groups is 2. The molecule has 1 heterocycles. The maximum atomic E-state index is 14.9. The van der Waals surface area contributed by atoms with Crippen molar-refractivity contribution >= 4 is 23.4 Å². The van der Waals surface area contributed by atoms with Crippen LogP contribution in [0.4, 0.5) is 17.6 Å². The summed E-state index contributed by atoms with van der Waals surface area (Å²) in [5.41, 5.74) is 1.04. The molecular formula is C23H20ClF4NO5. The number of rotatable bonds is 8. The van der Waals surface area contributed by atoms with Gasteiger partial charge in [0.1, 0.15) is 30.0 Å². The van der Waals surface area contributed by atoms with Gasteiger partial charge in [-0.15, -0.1) is 13.2 Å². The molecule has 0 amide bonds. The van der Waals surface area contributed by atoms with Gasteiger partial charge >= 0.3 is 12.3 Å². The van der Waals surface area contributed by atoms with E-state index < -0.39 is 41.8 Å². The minimum absolute atomic E-state index is 0.00364. The second-order valence-corrected chi connectivity index (χ2v) is 8.75. The van der Waals surface area contributed by atoms with Gasteiger partial charge in [-0.1, -0.05) is 11.6 Å². The number of hydrogen-bond acceptors (Lipinski definition) is 5. The van der Waals surface area contributed by atoms with E-state index in [9.17, 15) is 27.2 Å². The molecule has 4 rings (SSSR count). The van der Waals surface area contributed by atoms with Crippen LogP contribution in [0.2, 0.25) is 5.02 Å². The number of carboxylic acids is 1. The van der Waals surface area contributed by atoms with Gasteiger partial charge in [-0.05, 0) is 67.0 Å². The molecule has 0 bridgehead atoms. The second-order valence-electron chi connectivity index (χ2n) is 8.32. The van der Waals surface area contributed by atoms with E-state index in [1.165, 1.54) is 18.2 Å². The number of halogens is 5. The first kappa shape index (κ1) is 24.3. The zero-order valence-corrected chi connectivity index (χ0v) is 18.4. The fourth-order valence-corrected chi connectivity index (χ4v) is 4.24. The van der Waals surface area contributed by atoms with Gasteiger partial charge in [0, 0.05) is 11.1 Å². The number of alkyl halides is 3. The van der Waals surface area contributed by atoms with Crippen molar-refractivity contribution in [2.45, 2.75) is 56.7 Å². The van der Waals surface area contributed by atoms with Crippen LogP contribution in [0, 0.1) is 5.82 Å². The number of carbonyl (C=O) groups excluding carboxylic acids is 1. The number of Topliss-reactive ketones (excluding diaryl/α,β-unsaturated/α-hetero) is 1. The first-order chi connectivity index (χ1) is 16.0. The molecule has 34 heavy (non-hydrogen) atoms. The van der Waals surface area contributed by atoms with E-state index in [1.807, 2.05) is 0 Å². The molecule has 1 aliphatic heterocycles. The molecule has 11 heteroatoms. The molecule has 2 aliphatic rings. The lowest BCUT2D eigenvalue weighted by molar-refractivity contribution is -0.274. The molecule has 0 aromatic heterocycles. The van der Waals surface area contributed by atoms with E-state index in [0.717, 1.165) is 25.0 Å². The number of carboxylic acid groups (broad SMARTS) is 1. The van der Waals surface area contributed by atoms with Crippen molar-refractivity contribution in [1.82, 2.24) is 5.32 Å². The molecule has 0 spiro atoms. The lowest BCUT2D eigenvalue weighted by Gasteiger charge is -2.16. The van der Waals surface area contributed by atoms with Crippen molar-refractivity contribution in [1.29, 1.82) is 0 Å². The van der Waals surface area contributed by atoms with Crippen molar-refractivity contribution in [3.05, 3.63) is 57.9 Å². The van der Waals surface area contributed by atoms with Crippen LogP contribution in [0.3, 0.4) is 0 Å². The molecule has 182 valence electrons. The Morgan fingerprint density at radius 1 is 1.03 bits per heavy atom. The average Bonchev–Trinajstić information content (AvgIpc) is 3.45. The molecule has 0 radical (unpaired) electrons. The van der Waals surface area contributed by atoms with Crippen LogP contribution in [0.15, 0.2) is 30.3 Å². The maximum Gasteiger partial charge on any atom is 0.573 e. The standard InChI is InChI=1S/C23H20ClF4NO5/c24-13-6-14(8-15(7-13)34-23(26,27)28)33-10-12-5-18(25)17(9-16(12)11-1-2-11)21(30)19-3-4-20(29-19)22(31)32/h5-9,11,19-20,29H,1-4,10H2,(H,31,32). The highest BCUT2D eigenvalue weighted by Crippen LogP contribution is 2.43. The van der Waals surface area contributed by atoms with Crippen LogP contribution in [0.5, 0.6) is 11.5 Å². The van der Waals surface area contributed by atoms with Gasteiger partial charge in [-0.25, -0.2) is 4.39 Å². The van der Waals surface area contributed by atoms with Gasteiger partial charge in [0.05, 0.1) is 11.6 Å².